The Morgan fingerprint density at radius 1 is 0.952 bits per heavy atom. The second-order valence-corrected chi connectivity index (χ2v) is 4.28. The summed E-state index contributed by atoms with van der Waals surface area (Å²) in [5.74, 6) is -2.33. The van der Waals surface area contributed by atoms with Crippen molar-refractivity contribution in [3.63, 3.8) is 0 Å². The molecule has 0 bridgehead atoms. The Labute approximate surface area is 117 Å². The van der Waals surface area contributed by atoms with Gasteiger partial charge in [-0.2, -0.15) is 4.98 Å². The van der Waals surface area contributed by atoms with Crippen LogP contribution in [0.1, 0.15) is 0 Å². The number of aromatic nitrogens is 2. The van der Waals surface area contributed by atoms with E-state index in [1.165, 1.54) is 18.2 Å². The molecular weight excluding hydrogens is 283 g/mol. The Balaban J connectivity index is 2.01. The van der Waals surface area contributed by atoms with Crippen molar-refractivity contribution in [3.05, 3.63) is 53.8 Å². The number of nitrogens with two attached hydrogens (primary N) is 1. The summed E-state index contributed by atoms with van der Waals surface area (Å²) >= 11 is 0. The van der Waals surface area contributed by atoms with Crippen LogP contribution in [0.3, 0.4) is 0 Å². The molecule has 0 fully saturated rings. The van der Waals surface area contributed by atoms with E-state index in [0.29, 0.717) is 5.56 Å². The Kier molecular flexibility index (Phi) is 3.09. The largest absolute Gasteiger partial charge is 0.398 e. The molecule has 0 spiro atoms. The molecule has 0 aliphatic heterocycles. The van der Waals surface area contributed by atoms with Crippen LogP contribution in [0.4, 0.5) is 18.9 Å². The Hall–Kier alpha value is -2.83. The van der Waals surface area contributed by atoms with Crippen LogP contribution in [-0.2, 0) is 0 Å². The number of anilines is 1. The van der Waals surface area contributed by atoms with Crippen LogP contribution in [-0.4, -0.2) is 10.1 Å². The average Bonchev–Trinajstić information content (AvgIpc) is 2.91. The first kappa shape index (κ1) is 13.2. The van der Waals surface area contributed by atoms with Gasteiger partial charge in [0.05, 0.1) is 5.56 Å². The van der Waals surface area contributed by atoms with E-state index in [1.807, 2.05) is 0 Å². The fraction of sp³-hybridized carbons (Fsp3) is 0. The Bertz CT molecular complexity index is 817. The molecule has 1 heterocycles. The molecule has 0 unspecified atom stereocenters. The second-order valence-electron chi connectivity index (χ2n) is 4.28. The molecule has 0 saturated carbocycles. The van der Waals surface area contributed by atoms with Gasteiger partial charge < -0.3 is 10.3 Å². The summed E-state index contributed by atoms with van der Waals surface area (Å²) in [6.45, 7) is 0. The zero-order chi connectivity index (χ0) is 15.0. The molecule has 0 aliphatic rings. The minimum Gasteiger partial charge on any atom is -0.398 e. The van der Waals surface area contributed by atoms with Gasteiger partial charge in [-0.15, -0.1) is 0 Å². The van der Waals surface area contributed by atoms with Crippen molar-refractivity contribution in [1.82, 2.24) is 10.1 Å². The number of benzene rings is 2. The molecule has 106 valence electrons. The van der Waals surface area contributed by atoms with Crippen molar-refractivity contribution in [1.29, 1.82) is 0 Å². The molecular formula is C14H8F3N3O. The van der Waals surface area contributed by atoms with Crippen molar-refractivity contribution >= 4 is 5.69 Å². The molecule has 0 saturated heterocycles. The van der Waals surface area contributed by atoms with Gasteiger partial charge >= 0.3 is 0 Å². The van der Waals surface area contributed by atoms with Gasteiger partial charge in [0.25, 0.3) is 5.89 Å². The summed E-state index contributed by atoms with van der Waals surface area (Å²) in [6.07, 6.45) is 0. The Morgan fingerprint density at radius 3 is 2.48 bits per heavy atom. The molecule has 1 aromatic heterocycles. The van der Waals surface area contributed by atoms with Crippen LogP contribution in [0.5, 0.6) is 0 Å². The van der Waals surface area contributed by atoms with Gasteiger partial charge in [-0.1, -0.05) is 5.16 Å². The number of nitrogen functional groups attached to an aromatic ring is 1. The van der Waals surface area contributed by atoms with Crippen LogP contribution in [0.2, 0.25) is 0 Å². The van der Waals surface area contributed by atoms with Gasteiger partial charge in [0.15, 0.2) is 11.6 Å². The van der Waals surface area contributed by atoms with Gasteiger partial charge in [-0.25, -0.2) is 13.2 Å². The van der Waals surface area contributed by atoms with E-state index in [9.17, 15) is 13.2 Å². The number of nitrogens with zero attached hydrogens (tertiary/aromatic N) is 2. The molecule has 7 heteroatoms. The minimum atomic E-state index is -1.01. The smallest absolute Gasteiger partial charge is 0.260 e. The number of hydrogen-bond acceptors (Lipinski definition) is 4. The molecule has 4 nitrogen and oxygen atoms in total. The molecule has 3 rings (SSSR count). The van der Waals surface area contributed by atoms with Crippen molar-refractivity contribution in [2.24, 2.45) is 0 Å². The molecule has 3 aromatic rings. The van der Waals surface area contributed by atoms with E-state index in [0.717, 1.165) is 18.2 Å². The van der Waals surface area contributed by atoms with E-state index in [2.05, 4.69) is 10.1 Å². The maximum absolute atomic E-state index is 13.2. The third-order valence-corrected chi connectivity index (χ3v) is 2.85. The van der Waals surface area contributed by atoms with E-state index >= 15 is 0 Å². The summed E-state index contributed by atoms with van der Waals surface area (Å²) in [4.78, 5) is 4.04. The van der Waals surface area contributed by atoms with Gasteiger partial charge in [0, 0.05) is 11.3 Å². The first-order valence-electron chi connectivity index (χ1n) is 5.89. The van der Waals surface area contributed by atoms with E-state index in [1.54, 1.807) is 0 Å². The maximum atomic E-state index is 13.2. The zero-order valence-corrected chi connectivity index (χ0v) is 10.5. The fourth-order valence-corrected chi connectivity index (χ4v) is 1.81. The first-order chi connectivity index (χ1) is 10.0. The van der Waals surface area contributed by atoms with Crippen LogP contribution in [0.25, 0.3) is 22.8 Å². The highest BCUT2D eigenvalue weighted by molar-refractivity contribution is 5.71. The topological polar surface area (TPSA) is 64.9 Å². The van der Waals surface area contributed by atoms with E-state index in [4.69, 9.17) is 10.3 Å². The normalized spacial score (nSPS) is 10.8. The molecule has 2 N–H and O–H groups in total. The summed E-state index contributed by atoms with van der Waals surface area (Å²) in [5, 5.41) is 3.67. The number of halogens is 3. The SMILES string of the molecule is Nc1cc(F)ccc1-c1nc(-c2ccc(F)c(F)c2)no1. The quantitative estimate of drug-likeness (QED) is 0.735. The lowest BCUT2D eigenvalue weighted by atomic mass is 10.1. The molecule has 0 radical (unpaired) electrons. The second kappa shape index (κ2) is 4.93. The number of hydrogen-bond donors (Lipinski definition) is 1. The van der Waals surface area contributed by atoms with Crippen LogP contribution in [0, 0.1) is 17.5 Å². The first-order valence-corrected chi connectivity index (χ1v) is 5.89. The van der Waals surface area contributed by atoms with Crippen LogP contribution < -0.4 is 5.73 Å². The van der Waals surface area contributed by atoms with Crippen molar-refractivity contribution in [2.75, 3.05) is 5.73 Å². The highest BCUT2D eigenvalue weighted by Crippen LogP contribution is 2.27. The monoisotopic (exact) mass is 291 g/mol. The highest BCUT2D eigenvalue weighted by Gasteiger charge is 2.14. The van der Waals surface area contributed by atoms with E-state index < -0.39 is 17.5 Å². The predicted molar refractivity (Wildman–Crippen MR) is 69.5 cm³/mol. The van der Waals surface area contributed by atoms with Gasteiger partial charge in [0.1, 0.15) is 5.82 Å². The molecule has 0 aliphatic carbocycles. The summed E-state index contributed by atoms with van der Waals surface area (Å²) in [5.41, 5.74) is 6.42. The van der Waals surface area contributed by atoms with Crippen molar-refractivity contribution in [2.45, 2.75) is 0 Å². The molecule has 0 amide bonds. The zero-order valence-electron chi connectivity index (χ0n) is 10.5. The van der Waals surface area contributed by atoms with Crippen LogP contribution in [0.15, 0.2) is 40.9 Å². The third kappa shape index (κ3) is 2.45. The fourth-order valence-electron chi connectivity index (χ4n) is 1.81. The molecule has 0 atom stereocenters. The standard InChI is InChI=1S/C14H8F3N3O/c15-8-2-3-9(12(18)6-8)14-19-13(20-21-14)7-1-4-10(16)11(17)5-7/h1-6H,18H2. The lowest BCUT2D eigenvalue weighted by molar-refractivity contribution is 0.432. The van der Waals surface area contributed by atoms with Crippen molar-refractivity contribution in [3.8, 4) is 22.8 Å². The number of rotatable bonds is 2. The summed E-state index contributed by atoms with van der Waals surface area (Å²) in [7, 11) is 0. The molecule has 2 aromatic carbocycles. The predicted octanol–water partition coefficient (Wildman–Crippen LogP) is 3.40. The third-order valence-electron chi connectivity index (χ3n) is 2.85. The summed E-state index contributed by atoms with van der Waals surface area (Å²) in [6, 6.07) is 6.96. The maximum Gasteiger partial charge on any atom is 0.260 e. The highest BCUT2D eigenvalue weighted by atomic mass is 19.2. The van der Waals surface area contributed by atoms with Crippen molar-refractivity contribution < 1.29 is 17.7 Å². The Morgan fingerprint density at radius 2 is 1.76 bits per heavy atom. The minimum absolute atomic E-state index is 0.0623. The van der Waals surface area contributed by atoms with Gasteiger partial charge in [-0.05, 0) is 36.4 Å². The lowest BCUT2D eigenvalue weighted by Crippen LogP contribution is -1.91. The molecule has 21 heavy (non-hydrogen) atoms. The summed E-state index contributed by atoms with van der Waals surface area (Å²) < 4.78 is 44.1. The van der Waals surface area contributed by atoms with Gasteiger partial charge in [-0.3, -0.25) is 0 Å². The van der Waals surface area contributed by atoms with Crippen LogP contribution >= 0.6 is 0 Å². The van der Waals surface area contributed by atoms with E-state index in [-0.39, 0.29) is 23.0 Å². The van der Waals surface area contributed by atoms with Gasteiger partial charge in [0.2, 0.25) is 5.82 Å². The lowest BCUT2D eigenvalue weighted by Gasteiger charge is -1.99. The average molecular weight is 291 g/mol.